The molecule has 0 heterocycles. The van der Waals surface area contributed by atoms with Gasteiger partial charge in [-0.1, -0.05) is 30.3 Å². The summed E-state index contributed by atoms with van der Waals surface area (Å²) < 4.78 is 5.85. The van der Waals surface area contributed by atoms with E-state index >= 15 is 0 Å². The van der Waals surface area contributed by atoms with Gasteiger partial charge in [0.15, 0.2) is 0 Å². The Kier molecular flexibility index (Phi) is 2.71. The summed E-state index contributed by atoms with van der Waals surface area (Å²) >= 11 is 0. The van der Waals surface area contributed by atoms with Crippen LogP contribution < -0.4 is 10.5 Å². The van der Waals surface area contributed by atoms with Crippen LogP contribution in [0.3, 0.4) is 0 Å². The lowest BCUT2D eigenvalue weighted by Crippen LogP contribution is -2.23. The molecule has 1 aliphatic carbocycles. The Morgan fingerprint density at radius 2 is 2.06 bits per heavy atom. The third-order valence-electron chi connectivity index (χ3n) is 3.57. The first-order valence-corrected chi connectivity index (χ1v) is 6.31. The second-order valence-electron chi connectivity index (χ2n) is 4.95. The van der Waals surface area contributed by atoms with Crippen molar-refractivity contribution in [2.24, 2.45) is 0 Å². The van der Waals surface area contributed by atoms with Gasteiger partial charge in [-0.3, -0.25) is 0 Å². The number of nitrogen functional groups attached to an aromatic ring is 1. The van der Waals surface area contributed by atoms with E-state index in [1.807, 2.05) is 25.1 Å². The topological polar surface area (TPSA) is 35.2 Å². The van der Waals surface area contributed by atoms with Crippen LogP contribution in [0.5, 0.6) is 5.75 Å². The second-order valence-corrected chi connectivity index (χ2v) is 4.95. The summed E-state index contributed by atoms with van der Waals surface area (Å²) in [6.45, 7) is 2.76. The maximum atomic E-state index is 5.90. The largest absolute Gasteiger partial charge is 0.491 e. The molecule has 1 aliphatic rings. The van der Waals surface area contributed by atoms with Crippen molar-refractivity contribution in [3.8, 4) is 5.75 Å². The number of rotatable bonds is 3. The Balaban J connectivity index is 1.68. The minimum atomic E-state index is 0.515. The Morgan fingerprint density at radius 3 is 2.89 bits per heavy atom. The summed E-state index contributed by atoms with van der Waals surface area (Å²) in [5, 5.41) is 0. The molecule has 1 atom stereocenters. The average molecular weight is 239 g/mol. The summed E-state index contributed by atoms with van der Waals surface area (Å²) in [4.78, 5) is 0. The summed E-state index contributed by atoms with van der Waals surface area (Å²) in [5.74, 6) is 1.32. The van der Waals surface area contributed by atoms with Crippen molar-refractivity contribution in [1.29, 1.82) is 0 Å². The molecular formula is C16H17NO. The van der Waals surface area contributed by atoms with Crippen LogP contribution in [0.4, 0.5) is 5.69 Å². The lowest BCUT2D eigenvalue weighted by Gasteiger charge is -2.30. The highest BCUT2D eigenvalue weighted by atomic mass is 16.5. The average Bonchev–Trinajstić information content (AvgIpc) is 2.34. The van der Waals surface area contributed by atoms with Crippen LogP contribution in [-0.4, -0.2) is 6.61 Å². The van der Waals surface area contributed by atoms with Crippen LogP contribution in [0.15, 0.2) is 42.5 Å². The van der Waals surface area contributed by atoms with E-state index in [-0.39, 0.29) is 0 Å². The van der Waals surface area contributed by atoms with Crippen LogP contribution in [0.25, 0.3) is 0 Å². The molecular weight excluding hydrogens is 222 g/mol. The number of fused-ring (bicyclic) bond motifs is 1. The SMILES string of the molecule is Cc1ccc(N)c(OCC2Cc3ccccc32)c1. The fourth-order valence-corrected chi connectivity index (χ4v) is 2.47. The lowest BCUT2D eigenvalue weighted by atomic mass is 9.78. The number of hydrogen-bond donors (Lipinski definition) is 1. The Labute approximate surface area is 107 Å². The molecule has 92 valence electrons. The molecule has 0 spiro atoms. The molecule has 2 N–H and O–H groups in total. The van der Waals surface area contributed by atoms with Gasteiger partial charge in [0.05, 0.1) is 12.3 Å². The van der Waals surface area contributed by atoms with Crippen molar-refractivity contribution < 1.29 is 4.74 Å². The van der Waals surface area contributed by atoms with Crippen molar-refractivity contribution in [3.63, 3.8) is 0 Å². The zero-order chi connectivity index (χ0) is 12.5. The quantitative estimate of drug-likeness (QED) is 0.834. The minimum absolute atomic E-state index is 0.515. The maximum absolute atomic E-state index is 5.90. The smallest absolute Gasteiger partial charge is 0.142 e. The molecule has 0 aromatic heterocycles. The first kappa shape index (κ1) is 11.1. The highest BCUT2D eigenvalue weighted by Gasteiger charge is 2.25. The van der Waals surface area contributed by atoms with Crippen molar-refractivity contribution in [1.82, 2.24) is 0 Å². The highest BCUT2D eigenvalue weighted by molar-refractivity contribution is 5.54. The maximum Gasteiger partial charge on any atom is 0.142 e. The van der Waals surface area contributed by atoms with Crippen LogP contribution in [0, 0.1) is 6.92 Å². The first-order chi connectivity index (χ1) is 8.74. The third kappa shape index (κ3) is 1.94. The van der Waals surface area contributed by atoms with Gasteiger partial charge in [-0.15, -0.1) is 0 Å². The molecule has 2 nitrogen and oxygen atoms in total. The molecule has 3 rings (SSSR count). The Morgan fingerprint density at radius 1 is 1.22 bits per heavy atom. The van der Waals surface area contributed by atoms with E-state index in [1.165, 1.54) is 16.7 Å². The molecule has 1 unspecified atom stereocenters. The monoisotopic (exact) mass is 239 g/mol. The predicted molar refractivity (Wildman–Crippen MR) is 74.0 cm³/mol. The third-order valence-corrected chi connectivity index (χ3v) is 3.57. The van der Waals surface area contributed by atoms with E-state index in [0.717, 1.165) is 12.2 Å². The number of benzene rings is 2. The summed E-state index contributed by atoms with van der Waals surface area (Å²) in [6, 6.07) is 14.5. The molecule has 0 saturated heterocycles. The first-order valence-electron chi connectivity index (χ1n) is 6.31. The van der Waals surface area contributed by atoms with Gasteiger partial charge in [-0.25, -0.2) is 0 Å². The molecule has 2 aromatic carbocycles. The Hall–Kier alpha value is -1.96. The van der Waals surface area contributed by atoms with Crippen molar-refractivity contribution in [2.75, 3.05) is 12.3 Å². The minimum Gasteiger partial charge on any atom is -0.491 e. The Bertz CT molecular complexity index is 577. The van der Waals surface area contributed by atoms with Gasteiger partial charge >= 0.3 is 0 Å². The number of nitrogens with two attached hydrogens (primary N) is 1. The van der Waals surface area contributed by atoms with Gasteiger partial charge in [0.1, 0.15) is 5.75 Å². The van der Waals surface area contributed by atoms with Gasteiger partial charge in [0.2, 0.25) is 0 Å². The standard InChI is InChI=1S/C16H17NO/c1-11-6-7-15(17)16(8-11)18-10-13-9-12-4-2-3-5-14(12)13/h2-8,13H,9-10,17H2,1H3. The van der Waals surface area contributed by atoms with Gasteiger partial charge in [-0.2, -0.15) is 0 Å². The van der Waals surface area contributed by atoms with Gasteiger partial charge in [0, 0.05) is 5.92 Å². The van der Waals surface area contributed by atoms with Crippen LogP contribution in [0.1, 0.15) is 22.6 Å². The summed E-state index contributed by atoms with van der Waals surface area (Å²) in [6.07, 6.45) is 1.11. The molecule has 0 bridgehead atoms. The zero-order valence-corrected chi connectivity index (χ0v) is 10.5. The summed E-state index contributed by atoms with van der Waals surface area (Å²) in [7, 11) is 0. The molecule has 2 aromatic rings. The van der Waals surface area contributed by atoms with Crippen molar-refractivity contribution in [2.45, 2.75) is 19.3 Å². The second kappa shape index (κ2) is 4.37. The number of hydrogen-bond acceptors (Lipinski definition) is 2. The van der Waals surface area contributed by atoms with Gasteiger partial charge in [-0.05, 0) is 42.2 Å². The van der Waals surface area contributed by atoms with E-state index in [9.17, 15) is 0 Å². The fraction of sp³-hybridized carbons (Fsp3) is 0.250. The zero-order valence-electron chi connectivity index (χ0n) is 10.5. The van der Waals surface area contributed by atoms with Crippen molar-refractivity contribution >= 4 is 5.69 Å². The van der Waals surface area contributed by atoms with Crippen LogP contribution >= 0.6 is 0 Å². The number of aryl methyl sites for hydroxylation is 1. The van der Waals surface area contributed by atoms with E-state index in [0.29, 0.717) is 18.2 Å². The predicted octanol–water partition coefficient (Wildman–Crippen LogP) is 3.30. The lowest BCUT2D eigenvalue weighted by molar-refractivity contribution is 0.276. The molecule has 0 aliphatic heterocycles. The van der Waals surface area contributed by atoms with Crippen LogP contribution in [0.2, 0.25) is 0 Å². The van der Waals surface area contributed by atoms with Gasteiger partial charge in [0.25, 0.3) is 0 Å². The molecule has 2 heteroatoms. The molecule has 0 saturated carbocycles. The van der Waals surface area contributed by atoms with E-state index in [4.69, 9.17) is 10.5 Å². The normalized spacial score (nSPS) is 16.8. The molecule has 18 heavy (non-hydrogen) atoms. The number of anilines is 1. The number of ether oxygens (including phenoxy) is 1. The van der Waals surface area contributed by atoms with Gasteiger partial charge < -0.3 is 10.5 Å². The van der Waals surface area contributed by atoms with E-state index in [2.05, 4.69) is 24.3 Å². The molecule has 0 fully saturated rings. The van der Waals surface area contributed by atoms with E-state index < -0.39 is 0 Å². The fourth-order valence-electron chi connectivity index (χ4n) is 2.47. The molecule has 0 amide bonds. The van der Waals surface area contributed by atoms with Crippen LogP contribution in [-0.2, 0) is 6.42 Å². The summed E-state index contributed by atoms with van der Waals surface area (Å²) in [5.41, 5.74) is 10.7. The molecule has 0 radical (unpaired) electrons. The van der Waals surface area contributed by atoms with E-state index in [1.54, 1.807) is 0 Å². The highest BCUT2D eigenvalue weighted by Crippen LogP contribution is 2.35. The van der Waals surface area contributed by atoms with Crippen molar-refractivity contribution in [3.05, 3.63) is 59.2 Å².